The van der Waals surface area contributed by atoms with Crippen LogP contribution in [0.2, 0.25) is 0 Å². The molecule has 7 heteroatoms. The van der Waals surface area contributed by atoms with Gasteiger partial charge in [-0.05, 0) is 30.9 Å². The van der Waals surface area contributed by atoms with E-state index in [4.69, 9.17) is 9.47 Å². The van der Waals surface area contributed by atoms with Crippen LogP contribution in [-0.2, 0) is 27.4 Å². The Kier molecular flexibility index (Phi) is 6.14. The highest BCUT2D eigenvalue weighted by Crippen LogP contribution is 2.14. The average molecular weight is 344 g/mol. The molecule has 0 saturated carbocycles. The zero-order valence-corrected chi connectivity index (χ0v) is 14.4. The minimum atomic E-state index is -0.387. The molecule has 0 radical (unpaired) electrons. The molecule has 134 valence electrons. The topological polar surface area (TPSA) is 78.3 Å². The summed E-state index contributed by atoms with van der Waals surface area (Å²) in [6.07, 6.45) is 5.15. The molecule has 2 heterocycles. The summed E-state index contributed by atoms with van der Waals surface area (Å²) in [6.45, 7) is 4.41. The average Bonchev–Trinajstić information content (AvgIpc) is 3.20. The van der Waals surface area contributed by atoms with Crippen LogP contribution in [0.1, 0.15) is 36.9 Å². The summed E-state index contributed by atoms with van der Waals surface area (Å²) in [4.78, 5) is 16.1. The number of amides is 1. The van der Waals surface area contributed by atoms with Gasteiger partial charge in [-0.2, -0.15) is 5.10 Å². The summed E-state index contributed by atoms with van der Waals surface area (Å²) in [5.41, 5.74) is 2.16. The number of nitrogens with one attached hydrogen (secondary N) is 1. The van der Waals surface area contributed by atoms with Crippen molar-refractivity contribution < 1.29 is 14.3 Å². The smallest absolute Gasteiger partial charge is 0.244 e. The van der Waals surface area contributed by atoms with Gasteiger partial charge in [0.1, 0.15) is 18.7 Å². The molecule has 1 saturated heterocycles. The van der Waals surface area contributed by atoms with Gasteiger partial charge in [0, 0.05) is 19.8 Å². The molecular formula is C18H24N4O3. The molecule has 7 nitrogen and oxygen atoms in total. The monoisotopic (exact) mass is 344 g/mol. The van der Waals surface area contributed by atoms with Gasteiger partial charge in [-0.3, -0.25) is 4.79 Å². The van der Waals surface area contributed by atoms with Crippen LogP contribution < -0.4 is 5.32 Å². The molecule has 1 aromatic carbocycles. The Morgan fingerprint density at radius 2 is 2.20 bits per heavy atom. The van der Waals surface area contributed by atoms with Gasteiger partial charge in [0.15, 0.2) is 0 Å². The van der Waals surface area contributed by atoms with E-state index in [9.17, 15) is 4.79 Å². The van der Waals surface area contributed by atoms with Crippen molar-refractivity contribution in [2.45, 2.75) is 45.1 Å². The van der Waals surface area contributed by atoms with E-state index in [1.807, 2.05) is 18.2 Å². The SMILES string of the molecule is C[C@H](C(=O)NCc1cccc(COC2CCOCC2)c1)n1cncn1. The van der Waals surface area contributed by atoms with Gasteiger partial charge in [0.05, 0.1) is 12.7 Å². The first-order valence-electron chi connectivity index (χ1n) is 8.61. The third-order valence-corrected chi connectivity index (χ3v) is 4.33. The normalized spacial score (nSPS) is 16.5. The van der Waals surface area contributed by atoms with Gasteiger partial charge in [0.2, 0.25) is 5.91 Å². The number of ether oxygens (including phenoxy) is 2. The van der Waals surface area contributed by atoms with Gasteiger partial charge in [0.25, 0.3) is 0 Å². The summed E-state index contributed by atoms with van der Waals surface area (Å²) >= 11 is 0. The van der Waals surface area contributed by atoms with E-state index in [0.29, 0.717) is 13.2 Å². The number of carbonyl (C=O) groups is 1. The molecule has 0 spiro atoms. The van der Waals surface area contributed by atoms with Crippen molar-refractivity contribution in [3.05, 3.63) is 48.0 Å². The van der Waals surface area contributed by atoms with E-state index in [2.05, 4.69) is 21.5 Å². The first kappa shape index (κ1) is 17.6. The second-order valence-electron chi connectivity index (χ2n) is 6.21. The van der Waals surface area contributed by atoms with Crippen molar-refractivity contribution in [3.63, 3.8) is 0 Å². The van der Waals surface area contributed by atoms with Gasteiger partial charge < -0.3 is 14.8 Å². The van der Waals surface area contributed by atoms with E-state index < -0.39 is 0 Å². The first-order chi connectivity index (χ1) is 12.2. The Hall–Kier alpha value is -2.25. The van der Waals surface area contributed by atoms with Gasteiger partial charge in [-0.15, -0.1) is 0 Å². The van der Waals surface area contributed by atoms with Crippen LogP contribution in [-0.4, -0.2) is 40.0 Å². The lowest BCUT2D eigenvalue weighted by Gasteiger charge is -2.22. The van der Waals surface area contributed by atoms with Crippen LogP contribution in [0.3, 0.4) is 0 Å². The Labute approximate surface area is 147 Å². The molecule has 2 aromatic rings. The van der Waals surface area contributed by atoms with Crippen LogP contribution in [0.5, 0.6) is 0 Å². The third-order valence-electron chi connectivity index (χ3n) is 4.33. The zero-order chi connectivity index (χ0) is 17.5. The minimum Gasteiger partial charge on any atom is -0.381 e. The lowest BCUT2D eigenvalue weighted by Crippen LogP contribution is -2.30. The second kappa shape index (κ2) is 8.73. The molecule has 25 heavy (non-hydrogen) atoms. The number of hydrogen-bond acceptors (Lipinski definition) is 5. The van der Waals surface area contributed by atoms with E-state index in [1.54, 1.807) is 13.3 Å². The predicted octanol–water partition coefficient (Wildman–Crippen LogP) is 1.85. The molecule has 1 aliphatic heterocycles. The maximum Gasteiger partial charge on any atom is 0.244 e. The molecule has 1 N–H and O–H groups in total. The Balaban J connectivity index is 1.48. The quantitative estimate of drug-likeness (QED) is 0.829. The Morgan fingerprint density at radius 1 is 1.40 bits per heavy atom. The number of carbonyl (C=O) groups excluding carboxylic acids is 1. The van der Waals surface area contributed by atoms with Crippen molar-refractivity contribution in [2.24, 2.45) is 0 Å². The summed E-state index contributed by atoms with van der Waals surface area (Å²) in [5.74, 6) is -0.0886. The van der Waals surface area contributed by atoms with Crippen molar-refractivity contribution in [1.82, 2.24) is 20.1 Å². The molecular weight excluding hydrogens is 320 g/mol. The Bertz CT molecular complexity index is 669. The van der Waals surface area contributed by atoms with Gasteiger partial charge in [-0.25, -0.2) is 9.67 Å². The molecule has 0 aliphatic carbocycles. The molecule has 0 bridgehead atoms. The number of hydrogen-bond donors (Lipinski definition) is 1. The first-order valence-corrected chi connectivity index (χ1v) is 8.61. The Morgan fingerprint density at radius 3 is 2.96 bits per heavy atom. The van der Waals surface area contributed by atoms with E-state index in [0.717, 1.165) is 37.2 Å². The van der Waals surface area contributed by atoms with Gasteiger partial charge in [-0.1, -0.05) is 24.3 Å². The summed E-state index contributed by atoms with van der Waals surface area (Å²) in [6, 6.07) is 7.72. The molecule has 1 fully saturated rings. The van der Waals surface area contributed by atoms with E-state index >= 15 is 0 Å². The zero-order valence-electron chi connectivity index (χ0n) is 14.4. The number of aromatic nitrogens is 3. The van der Waals surface area contributed by atoms with Crippen LogP contribution in [0.25, 0.3) is 0 Å². The van der Waals surface area contributed by atoms with Crippen LogP contribution in [0.4, 0.5) is 0 Å². The van der Waals surface area contributed by atoms with Crippen molar-refractivity contribution in [3.8, 4) is 0 Å². The van der Waals surface area contributed by atoms with E-state index in [-0.39, 0.29) is 18.1 Å². The maximum atomic E-state index is 12.2. The lowest BCUT2D eigenvalue weighted by atomic mass is 10.1. The highest BCUT2D eigenvalue weighted by atomic mass is 16.5. The van der Waals surface area contributed by atoms with Crippen LogP contribution >= 0.6 is 0 Å². The largest absolute Gasteiger partial charge is 0.381 e. The highest BCUT2D eigenvalue weighted by molar-refractivity contribution is 5.79. The number of rotatable bonds is 7. The summed E-state index contributed by atoms with van der Waals surface area (Å²) < 4.78 is 12.8. The van der Waals surface area contributed by atoms with E-state index in [1.165, 1.54) is 11.0 Å². The molecule has 1 aromatic heterocycles. The summed E-state index contributed by atoms with van der Waals surface area (Å²) in [5, 5.41) is 6.93. The fraction of sp³-hybridized carbons (Fsp3) is 0.500. The molecule has 1 aliphatic rings. The second-order valence-corrected chi connectivity index (χ2v) is 6.21. The van der Waals surface area contributed by atoms with Crippen molar-refractivity contribution in [2.75, 3.05) is 13.2 Å². The molecule has 0 unspecified atom stereocenters. The van der Waals surface area contributed by atoms with Crippen LogP contribution in [0, 0.1) is 0 Å². The van der Waals surface area contributed by atoms with Gasteiger partial charge >= 0.3 is 0 Å². The van der Waals surface area contributed by atoms with Crippen LogP contribution in [0.15, 0.2) is 36.9 Å². The van der Waals surface area contributed by atoms with Crippen molar-refractivity contribution in [1.29, 1.82) is 0 Å². The number of nitrogens with zero attached hydrogens (tertiary/aromatic N) is 3. The maximum absolute atomic E-state index is 12.2. The summed E-state index contributed by atoms with van der Waals surface area (Å²) in [7, 11) is 0. The fourth-order valence-corrected chi connectivity index (χ4v) is 2.76. The lowest BCUT2D eigenvalue weighted by molar-refractivity contribution is -0.124. The molecule has 1 atom stereocenters. The third kappa shape index (κ3) is 5.11. The molecule has 1 amide bonds. The van der Waals surface area contributed by atoms with Crippen molar-refractivity contribution >= 4 is 5.91 Å². The fourth-order valence-electron chi connectivity index (χ4n) is 2.76. The minimum absolute atomic E-state index is 0.0886. The highest BCUT2D eigenvalue weighted by Gasteiger charge is 2.15. The number of benzene rings is 1. The molecule has 3 rings (SSSR count). The predicted molar refractivity (Wildman–Crippen MR) is 91.7 cm³/mol. The standard InChI is InChI=1S/C18H24N4O3/c1-14(22-13-19-12-21-22)18(23)20-10-15-3-2-4-16(9-15)11-25-17-5-7-24-8-6-17/h2-4,9,12-14,17H,5-8,10-11H2,1H3,(H,20,23)/t14-/m1/s1.